The first kappa shape index (κ1) is 28.6. The monoisotopic (exact) mass is 511 g/mol. The minimum atomic E-state index is -0.476. The number of fused-ring (bicyclic) bond motifs is 3. The zero-order valence-electron chi connectivity index (χ0n) is 20.7. The van der Waals surface area contributed by atoms with Crippen molar-refractivity contribution in [2.45, 2.75) is 77.6 Å². The third-order valence-electron chi connectivity index (χ3n) is 7.37. The highest BCUT2D eigenvalue weighted by molar-refractivity contribution is 5.94. The van der Waals surface area contributed by atoms with Crippen molar-refractivity contribution in [2.75, 3.05) is 26.2 Å². The number of esters is 1. The van der Waals surface area contributed by atoms with Gasteiger partial charge in [-0.2, -0.15) is 0 Å². The van der Waals surface area contributed by atoms with Gasteiger partial charge >= 0.3 is 5.97 Å². The molecule has 8 heteroatoms. The van der Waals surface area contributed by atoms with Gasteiger partial charge in [-0.1, -0.05) is 32.0 Å². The van der Waals surface area contributed by atoms with Crippen LogP contribution in [-0.4, -0.2) is 64.7 Å². The van der Waals surface area contributed by atoms with Crippen LogP contribution in [0.15, 0.2) is 35.1 Å². The van der Waals surface area contributed by atoms with Gasteiger partial charge in [0, 0.05) is 44.1 Å². The van der Waals surface area contributed by atoms with E-state index in [-0.39, 0.29) is 48.1 Å². The summed E-state index contributed by atoms with van der Waals surface area (Å²) in [6.45, 7) is 12.7. The van der Waals surface area contributed by atoms with E-state index in [0.717, 1.165) is 49.9 Å². The van der Waals surface area contributed by atoms with E-state index in [1.165, 1.54) is 12.8 Å². The molecule has 2 unspecified atom stereocenters. The van der Waals surface area contributed by atoms with Crippen molar-refractivity contribution < 1.29 is 9.53 Å². The lowest BCUT2D eigenvalue weighted by molar-refractivity contribution is -0.00778. The molecule has 2 bridgehead atoms. The average Bonchev–Trinajstić information content (AvgIpc) is 3.01. The van der Waals surface area contributed by atoms with Crippen molar-refractivity contribution in [1.29, 1.82) is 0 Å². The lowest BCUT2D eigenvalue weighted by Gasteiger charge is -2.39. The van der Waals surface area contributed by atoms with Gasteiger partial charge < -0.3 is 14.2 Å². The van der Waals surface area contributed by atoms with Gasteiger partial charge in [0.1, 0.15) is 11.7 Å². The molecule has 0 aliphatic carbocycles. The molecule has 0 saturated carbocycles. The highest BCUT2D eigenvalue weighted by Gasteiger charge is 2.42. The van der Waals surface area contributed by atoms with Crippen LogP contribution < -0.4 is 5.56 Å². The highest BCUT2D eigenvalue weighted by atomic mass is 35.5. The van der Waals surface area contributed by atoms with Crippen LogP contribution in [0.2, 0.25) is 0 Å². The quantitative estimate of drug-likeness (QED) is 0.470. The second-order valence-corrected chi connectivity index (χ2v) is 9.53. The second kappa shape index (κ2) is 12.4. The maximum Gasteiger partial charge on any atom is 0.344 e. The number of rotatable bonds is 8. The third-order valence-corrected chi connectivity index (χ3v) is 7.37. The number of ether oxygens (including phenoxy) is 1. The van der Waals surface area contributed by atoms with Crippen molar-refractivity contribution in [3.05, 3.63) is 46.2 Å². The van der Waals surface area contributed by atoms with Gasteiger partial charge in [-0.3, -0.25) is 9.69 Å². The SMILES string of the molecule is CCN(CC)CCN1C2CCC1CC(OC(=O)c1cc3ccccc3n(C(C)C)c1=O)C2.Cl.Cl. The number of aromatic nitrogens is 1. The Morgan fingerprint density at radius 3 is 2.29 bits per heavy atom. The van der Waals surface area contributed by atoms with E-state index in [9.17, 15) is 9.59 Å². The number of carbonyl (C=O) groups is 1. The molecule has 6 nitrogen and oxygen atoms in total. The summed E-state index contributed by atoms with van der Waals surface area (Å²) >= 11 is 0. The van der Waals surface area contributed by atoms with E-state index >= 15 is 0 Å². The van der Waals surface area contributed by atoms with E-state index in [4.69, 9.17) is 4.74 Å². The molecule has 2 aliphatic heterocycles. The maximum atomic E-state index is 13.2. The molecule has 34 heavy (non-hydrogen) atoms. The van der Waals surface area contributed by atoms with Crippen LogP contribution in [0.1, 0.15) is 69.8 Å². The van der Waals surface area contributed by atoms with E-state index in [1.807, 2.05) is 38.1 Å². The summed E-state index contributed by atoms with van der Waals surface area (Å²) < 4.78 is 7.65. The van der Waals surface area contributed by atoms with Crippen molar-refractivity contribution >= 4 is 41.7 Å². The number of likely N-dealkylation sites (N-methyl/N-ethyl adjacent to an activating group) is 1. The zero-order chi connectivity index (χ0) is 22.8. The van der Waals surface area contributed by atoms with Crippen molar-refractivity contribution in [2.24, 2.45) is 0 Å². The highest BCUT2D eigenvalue weighted by Crippen LogP contribution is 2.37. The summed E-state index contributed by atoms with van der Waals surface area (Å²) in [4.78, 5) is 31.4. The van der Waals surface area contributed by atoms with Crippen LogP contribution >= 0.6 is 24.8 Å². The molecule has 0 amide bonds. The molecule has 0 spiro atoms. The Balaban J connectivity index is 0.00000204. The number of nitrogens with zero attached hydrogens (tertiary/aromatic N) is 3. The first-order valence-electron chi connectivity index (χ1n) is 12.3. The Kier molecular flexibility index (Phi) is 10.4. The second-order valence-electron chi connectivity index (χ2n) is 9.53. The predicted octanol–water partition coefficient (Wildman–Crippen LogP) is 4.92. The van der Waals surface area contributed by atoms with Crippen LogP contribution in [0.5, 0.6) is 0 Å². The molecular formula is C26H39Cl2N3O3. The number of halogens is 2. The maximum absolute atomic E-state index is 13.2. The summed E-state index contributed by atoms with van der Waals surface area (Å²) in [6, 6.07) is 10.3. The standard InChI is InChI=1S/C26H37N3O3.2ClH/c1-5-27(6-2)13-14-28-20-11-12-21(28)17-22(16-20)32-26(31)23-15-19-9-7-8-10-24(19)29(18(3)4)25(23)30;;/h7-10,15,18,20-22H,5-6,11-14,16-17H2,1-4H3;2*1H. The minimum absolute atomic E-state index is 0. The molecule has 190 valence electrons. The van der Waals surface area contributed by atoms with Crippen molar-refractivity contribution in [1.82, 2.24) is 14.4 Å². The fraction of sp³-hybridized carbons (Fsp3) is 0.615. The van der Waals surface area contributed by atoms with E-state index in [2.05, 4.69) is 23.6 Å². The third kappa shape index (κ3) is 5.78. The summed E-state index contributed by atoms with van der Waals surface area (Å²) in [7, 11) is 0. The number of benzene rings is 1. The van der Waals surface area contributed by atoms with E-state index < -0.39 is 5.97 Å². The van der Waals surface area contributed by atoms with Gasteiger partial charge in [-0.05, 0) is 57.3 Å². The summed E-state index contributed by atoms with van der Waals surface area (Å²) in [5.41, 5.74) is 0.737. The van der Waals surface area contributed by atoms with Gasteiger partial charge in [0.15, 0.2) is 0 Å². The normalized spacial score (nSPS) is 22.0. The first-order valence-corrected chi connectivity index (χ1v) is 12.3. The summed E-state index contributed by atoms with van der Waals surface area (Å²) in [5.74, 6) is -0.476. The smallest absolute Gasteiger partial charge is 0.344 e. The predicted molar refractivity (Wildman–Crippen MR) is 143 cm³/mol. The number of hydrogen-bond donors (Lipinski definition) is 0. The molecule has 4 rings (SSSR count). The van der Waals surface area contributed by atoms with Crippen molar-refractivity contribution in [3.8, 4) is 0 Å². The largest absolute Gasteiger partial charge is 0.459 e. The lowest BCUT2D eigenvalue weighted by atomic mass is 9.99. The van der Waals surface area contributed by atoms with E-state index in [1.54, 1.807) is 10.6 Å². The van der Waals surface area contributed by atoms with Gasteiger partial charge in [0.25, 0.3) is 5.56 Å². The fourth-order valence-electron chi connectivity index (χ4n) is 5.64. The van der Waals surface area contributed by atoms with Gasteiger partial charge in [0.05, 0.1) is 5.52 Å². The van der Waals surface area contributed by atoms with Crippen LogP contribution in [0.3, 0.4) is 0 Å². The van der Waals surface area contributed by atoms with E-state index in [0.29, 0.717) is 12.1 Å². The molecule has 3 heterocycles. The molecule has 2 aromatic rings. The lowest BCUT2D eigenvalue weighted by Crippen LogP contribution is -2.48. The van der Waals surface area contributed by atoms with Gasteiger partial charge in [-0.15, -0.1) is 24.8 Å². The van der Waals surface area contributed by atoms with Crippen LogP contribution in [0, 0.1) is 0 Å². The molecule has 2 fully saturated rings. The molecule has 2 aliphatic rings. The van der Waals surface area contributed by atoms with Crippen LogP contribution in [0.25, 0.3) is 10.9 Å². The number of hydrogen-bond acceptors (Lipinski definition) is 5. The Hall–Kier alpha value is -1.60. The van der Waals surface area contributed by atoms with Crippen molar-refractivity contribution in [3.63, 3.8) is 0 Å². The Morgan fingerprint density at radius 1 is 1.09 bits per heavy atom. The average molecular weight is 513 g/mol. The molecule has 1 aromatic carbocycles. The first-order chi connectivity index (χ1) is 15.4. The molecule has 0 N–H and O–H groups in total. The Bertz CT molecular complexity index is 1010. The Labute approximate surface area is 215 Å². The number of carbonyl (C=O) groups excluding carboxylic acids is 1. The molecular weight excluding hydrogens is 473 g/mol. The zero-order valence-corrected chi connectivity index (χ0v) is 22.4. The summed E-state index contributed by atoms with van der Waals surface area (Å²) in [6.07, 6.45) is 3.97. The number of piperidine rings is 1. The molecule has 2 atom stereocenters. The molecule has 0 radical (unpaired) electrons. The van der Waals surface area contributed by atoms with Crippen LogP contribution in [0.4, 0.5) is 0 Å². The fourth-order valence-corrected chi connectivity index (χ4v) is 5.64. The Morgan fingerprint density at radius 2 is 1.71 bits per heavy atom. The van der Waals surface area contributed by atoms with Gasteiger partial charge in [0.2, 0.25) is 0 Å². The number of para-hydroxylation sites is 1. The number of pyridine rings is 1. The van der Waals surface area contributed by atoms with Gasteiger partial charge in [-0.25, -0.2) is 4.79 Å². The molecule has 1 aromatic heterocycles. The minimum Gasteiger partial charge on any atom is -0.459 e. The molecule has 2 saturated heterocycles. The topological polar surface area (TPSA) is 54.8 Å². The van der Waals surface area contributed by atoms with Crippen LogP contribution in [-0.2, 0) is 4.74 Å². The summed E-state index contributed by atoms with van der Waals surface area (Å²) in [5, 5.41) is 0.888.